The normalized spacial score (nSPS) is 19.5. The first kappa shape index (κ1) is 24.2. The molecule has 0 spiro atoms. The molecule has 2 saturated heterocycles. The van der Waals surface area contributed by atoms with E-state index in [9.17, 15) is 14.4 Å². The van der Waals surface area contributed by atoms with Crippen molar-refractivity contribution < 1.29 is 14.4 Å². The van der Waals surface area contributed by atoms with Gasteiger partial charge in [-0.2, -0.15) is 0 Å². The molecule has 8 nitrogen and oxygen atoms in total. The molecule has 180 valence electrons. The minimum Gasteiger partial charge on any atom is -0.353 e. The van der Waals surface area contributed by atoms with Crippen LogP contribution in [0.3, 0.4) is 0 Å². The van der Waals surface area contributed by atoms with Gasteiger partial charge in [-0.3, -0.25) is 24.2 Å². The maximum Gasteiger partial charge on any atom is 0.243 e. The number of nitrogens with zero attached hydrogens (tertiary/aromatic N) is 3. The molecule has 2 N–H and O–H groups in total. The molecule has 2 heterocycles. The van der Waals surface area contributed by atoms with E-state index in [4.69, 9.17) is 11.6 Å². The summed E-state index contributed by atoms with van der Waals surface area (Å²) < 4.78 is 0. The molecule has 2 aliphatic rings. The molecule has 0 radical (unpaired) electrons. The predicted octanol–water partition coefficient (Wildman–Crippen LogP) is 1.81. The van der Waals surface area contributed by atoms with E-state index >= 15 is 0 Å². The van der Waals surface area contributed by atoms with Crippen LogP contribution in [0.1, 0.15) is 12.0 Å². The van der Waals surface area contributed by atoms with Crippen molar-refractivity contribution in [1.29, 1.82) is 0 Å². The van der Waals surface area contributed by atoms with Gasteiger partial charge in [0.15, 0.2) is 0 Å². The lowest BCUT2D eigenvalue weighted by Gasteiger charge is -2.38. The molecule has 34 heavy (non-hydrogen) atoms. The molecule has 3 amide bonds. The molecule has 9 heteroatoms. The molecule has 2 aromatic rings. The van der Waals surface area contributed by atoms with Gasteiger partial charge >= 0.3 is 0 Å². The van der Waals surface area contributed by atoms with E-state index in [1.54, 1.807) is 29.2 Å². The second-order valence-corrected chi connectivity index (χ2v) is 9.13. The number of hydrogen-bond acceptors (Lipinski definition) is 5. The van der Waals surface area contributed by atoms with Crippen molar-refractivity contribution in [1.82, 2.24) is 20.0 Å². The Morgan fingerprint density at radius 1 is 0.941 bits per heavy atom. The lowest BCUT2D eigenvalue weighted by molar-refractivity contribution is -0.145. The van der Waals surface area contributed by atoms with Crippen LogP contribution in [-0.4, -0.2) is 84.3 Å². The number of anilines is 1. The van der Waals surface area contributed by atoms with Crippen LogP contribution in [0.15, 0.2) is 54.6 Å². The molecule has 0 bridgehead atoms. The molecule has 2 fully saturated rings. The van der Waals surface area contributed by atoms with Gasteiger partial charge in [-0.15, -0.1) is 0 Å². The summed E-state index contributed by atoms with van der Waals surface area (Å²) in [7, 11) is 0. The minimum absolute atomic E-state index is 0.0922. The number of rotatable bonds is 7. The van der Waals surface area contributed by atoms with Crippen molar-refractivity contribution in [3.63, 3.8) is 0 Å². The van der Waals surface area contributed by atoms with Crippen molar-refractivity contribution in [2.75, 3.05) is 51.1 Å². The van der Waals surface area contributed by atoms with Gasteiger partial charge in [0.2, 0.25) is 17.7 Å². The van der Waals surface area contributed by atoms with Gasteiger partial charge in [0.25, 0.3) is 0 Å². The first-order chi connectivity index (χ1) is 16.5. The Labute approximate surface area is 204 Å². The van der Waals surface area contributed by atoms with Crippen molar-refractivity contribution in [2.45, 2.75) is 19.0 Å². The van der Waals surface area contributed by atoms with Crippen LogP contribution in [0.4, 0.5) is 5.69 Å². The number of amides is 3. The molecule has 0 aliphatic carbocycles. The van der Waals surface area contributed by atoms with Gasteiger partial charge in [0.05, 0.1) is 13.0 Å². The van der Waals surface area contributed by atoms with Gasteiger partial charge < -0.3 is 15.5 Å². The number of benzene rings is 2. The van der Waals surface area contributed by atoms with E-state index in [0.29, 0.717) is 23.8 Å². The van der Waals surface area contributed by atoms with Crippen LogP contribution in [0, 0.1) is 0 Å². The molecular formula is C25H30ClN5O3. The van der Waals surface area contributed by atoms with E-state index in [2.05, 4.69) is 32.6 Å². The molecular weight excluding hydrogens is 454 g/mol. The van der Waals surface area contributed by atoms with Gasteiger partial charge in [-0.05, 0) is 29.8 Å². The van der Waals surface area contributed by atoms with E-state index in [-0.39, 0.29) is 30.7 Å². The number of carbonyl (C=O) groups is 3. The minimum atomic E-state index is -0.812. The molecule has 0 saturated carbocycles. The highest BCUT2D eigenvalue weighted by atomic mass is 35.5. The molecule has 2 aliphatic heterocycles. The summed E-state index contributed by atoms with van der Waals surface area (Å²) >= 11 is 5.88. The fourth-order valence-corrected chi connectivity index (χ4v) is 4.49. The number of halogens is 1. The topological polar surface area (TPSA) is 85.0 Å². The van der Waals surface area contributed by atoms with E-state index in [0.717, 1.165) is 32.7 Å². The molecule has 1 atom stereocenters. The third-order valence-electron chi connectivity index (χ3n) is 6.23. The smallest absolute Gasteiger partial charge is 0.243 e. The lowest BCUT2D eigenvalue weighted by atomic mass is 10.1. The Morgan fingerprint density at radius 2 is 1.62 bits per heavy atom. The number of piperazine rings is 2. The summed E-state index contributed by atoms with van der Waals surface area (Å²) in [5.74, 6) is -0.731. The summed E-state index contributed by atoms with van der Waals surface area (Å²) in [4.78, 5) is 44.3. The SMILES string of the molecule is O=C(C[C@H]1C(=O)NCCN1C(=O)CN1CCN(Cc2ccccc2)CC1)Nc1ccc(Cl)cc1. The summed E-state index contributed by atoms with van der Waals surface area (Å²) in [6, 6.07) is 16.3. The van der Waals surface area contributed by atoms with Crippen LogP contribution in [0.5, 0.6) is 0 Å². The van der Waals surface area contributed by atoms with E-state index in [1.165, 1.54) is 5.56 Å². The molecule has 0 aromatic heterocycles. The van der Waals surface area contributed by atoms with Crippen LogP contribution < -0.4 is 10.6 Å². The van der Waals surface area contributed by atoms with E-state index in [1.807, 2.05) is 18.2 Å². The zero-order valence-corrected chi connectivity index (χ0v) is 19.8. The third kappa shape index (κ3) is 6.56. The Balaban J connectivity index is 1.29. The monoisotopic (exact) mass is 483 g/mol. The summed E-state index contributed by atoms with van der Waals surface area (Å²) in [5, 5.41) is 6.12. The lowest BCUT2D eigenvalue weighted by Crippen LogP contribution is -2.60. The third-order valence-corrected chi connectivity index (χ3v) is 6.48. The Hall–Kier alpha value is -2.94. The molecule has 0 unspecified atom stereocenters. The number of carbonyl (C=O) groups excluding carboxylic acids is 3. The maximum absolute atomic E-state index is 13.1. The average molecular weight is 484 g/mol. The highest BCUT2D eigenvalue weighted by molar-refractivity contribution is 6.30. The zero-order chi connectivity index (χ0) is 23.9. The molecule has 2 aromatic carbocycles. The maximum atomic E-state index is 13.1. The largest absolute Gasteiger partial charge is 0.353 e. The van der Waals surface area contributed by atoms with Crippen LogP contribution in [0.2, 0.25) is 5.02 Å². The zero-order valence-electron chi connectivity index (χ0n) is 19.1. The highest BCUT2D eigenvalue weighted by Gasteiger charge is 2.35. The summed E-state index contributed by atoms with van der Waals surface area (Å²) in [6.07, 6.45) is -0.0922. The van der Waals surface area contributed by atoms with Gasteiger partial charge in [0.1, 0.15) is 6.04 Å². The highest BCUT2D eigenvalue weighted by Crippen LogP contribution is 2.16. The van der Waals surface area contributed by atoms with Crippen LogP contribution in [-0.2, 0) is 20.9 Å². The number of nitrogens with one attached hydrogen (secondary N) is 2. The first-order valence-corrected chi connectivity index (χ1v) is 12.0. The van der Waals surface area contributed by atoms with Gasteiger partial charge in [0, 0.05) is 56.5 Å². The Kier molecular flexibility index (Phi) is 8.16. The fraction of sp³-hybridized carbons (Fsp3) is 0.400. The summed E-state index contributed by atoms with van der Waals surface area (Å²) in [5.41, 5.74) is 1.88. The van der Waals surface area contributed by atoms with Crippen molar-refractivity contribution in [3.05, 3.63) is 65.2 Å². The summed E-state index contributed by atoms with van der Waals surface area (Å²) in [6.45, 7) is 5.30. The molecule has 4 rings (SSSR count). The van der Waals surface area contributed by atoms with Crippen molar-refractivity contribution in [2.24, 2.45) is 0 Å². The van der Waals surface area contributed by atoms with Crippen LogP contribution in [0.25, 0.3) is 0 Å². The van der Waals surface area contributed by atoms with Crippen molar-refractivity contribution in [3.8, 4) is 0 Å². The fourth-order valence-electron chi connectivity index (χ4n) is 4.37. The Bertz CT molecular complexity index is 993. The Morgan fingerprint density at radius 3 is 2.32 bits per heavy atom. The van der Waals surface area contributed by atoms with Crippen molar-refractivity contribution >= 4 is 35.0 Å². The second-order valence-electron chi connectivity index (χ2n) is 8.69. The average Bonchev–Trinajstić information content (AvgIpc) is 2.84. The van der Waals surface area contributed by atoms with Gasteiger partial charge in [-0.1, -0.05) is 41.9 Å². The quantitative estimate of drug-likeness (QED) is 0.627. The predicted molar refractivity (Wildman–Crippen MR) is 131 cm³/mol. The second kappa shape index (κ2) is 11.5. The standard InChI is InChI=1S/C25H30ClN5O3/c26-20-6-8-21(9-7-20)28-23(32)16-22-25(34)27-10-11-31(22)24(33)18-30-14-12-29(13-15-30)17-19-4-2-1-3-5-19/h1-9,22H,10-18H2,(H,27,34)(H,28,32)/t22-/m0/s1. The number of hydrogen-bond donors (Lipinski definition) is 2. The van der Waals surface area contributed by atoms with Crippen LogP contribution >= 0.6 is 11.6 Å². The first-order valence-electron chi connectivity index (χ1n) is 11.6. The van der Waals surface area contributed by atoms with E-state index < -0.39 is 6.04 Å². The van der Waals surface area contributed by atoms with Gasteiger partial charge in [-0.25, -0.2) is 0 Å².